The van der Waals surface area contributed by atoms with Crippen LogP contribution in [0.15, 0.2) is 11.6 Å². The third-order valence-corrected chi connectivity index (χ3v) is 3.88. The van der Waals surface area contributed by atoms with Gasteiger partial charge in [0.2, 0.25) is 5.91 Å². The van der Waals surface area contributed by atoms with E-state index in [1.54, 1.807) is 21.1 Å². The van der Waals surface area contributed by atoms with E-state index in [0.29, 0.717) is 15.1 Å². The van der Waals surface area contributed by atoms with Crippen molar-refractivity contribution in [2.24, 2.45) is 5.73 Å². The largest absolute Gasteiger partial charge is 0.366 e. The first kappa shape index (κ1) is 17.3. The molecule has 3 N–H and O–H groups in total. The van der Waals surface area contributed by atoms with Gasteiger partial charge in [-0.05, 0) is 32.9 Å². The Kier molecular flexibility index (Phi) is 11.0. The van der Waals surface area contributed by atoms with Gasteiger partial charge in [-0.15, -0.1) is 0 Å². The molecule has 0 bridgehead atoms. The molecule has 0 aromatic rings. The Hall–Kier alpha value is -0.693. The van der Waals surface area contributed by atoms with Gasteiger partial charge in [-0.25, -0.2) is 0 Å². The molecule has 2 radical (unpaired) electrons. The standard InChI is InChI=1S/C12H24N2O3Si/c1-10(11(13)15)6-4-7-14-8-5-9-18-12(16-2)17-3/h6,12,14H,4-5,7-9H2,1-3H3,(H2,13,15)/b10-6+. The SMILES string of the molecule is COC(OC)[Si]CCCNCC/C=C(\C)C(N)=O. The van der Waals surface area contributed by atoms with Gasteiger partial charge in [-0.3, -0.25) is 4.79 Å². The highest BCUT2D eigenvalue weighted by atomic mass is 28.2. The van der Waals surface area contributed by atoms with E-state index < -0.39 is 0 Å². The Morgan fingerprint density at radius 3 is 2.61 bits per heavy atom. The molecule has 6 heteroatoms. The average molecular weight is 272 g/mol. The molecule has 0 aliphatic heterocycles. The second kappa shape index (κ2) is 11.4. The van der Waals surface area contributed by atoms with E-state index in [9.17, 15) is 4.79 Å². The molecule has 0 aromatic carbocycles. The monoisotopic (exact) mass is 272 g/mol. The topological polar surface area (TPSA) is 73.6 Å². The van der Waals surface area contributed by atoms with E-state index in [0.717, 1.165) is 32.0 Å². The van der Waals surface area contributed by atoms with Crippen LogP contribution in [0.25, 0.3) is 0 Å². The summed E-state index contributed by atoms with van der Waals surface area (Å²) in [5, 5.41) is 3.32. The first-order chi connectivity index (χ1) is 8.61. The van der Waals surface area contributed by atoms with Crippen molar-refractivity contribution >= 4 is 15.4 Å². The predicted octanol–water partition coefficient (Wildman–Crippen LogP) is 0.487. The van der Waals surface area contributed by atoms with Crippen molar-refractivity contribution in [1.82, 2.24) is 5.32 Å². The van der Waals surface area contributed by atoms with E-state index in [1.165, 1.54) is 0 Å². The summed E-state index contributed by atoms with van der Waals surface area (Å²) in [5.74, 6) is -0.410. The minimum atomic E-state index is -0.346. The summed E-state index contributed by atoms with van der Waals surface area (Å²) in [6, 6.07) is 1.09. The number of primary amides is 1. The van der Waals surface area contributed by atoms with Crippen LogP contribution in [0.2, 0.25) is 6.04 Å². The van der Waals surface area contributed by atoms with E-state index in [-0.39, 0.29) is 11.8 Å². The number of hydrogen-bond donors (Lipinski definition) is 2. The van der Waals surface area contributed by atoms with Crippen LogP contribution in [0, 0.1) is 0 Å². The van der Waals surface area contributed by atoms with Crippen molar-refractivity contribution < 1.29 is 14.3 Å². The second-order valence-electron chi connectivity index (χ2n) is 3.90. The summed E-state index contributed by atoms with van der Waals surface area (Å²) in [6.07, 6.45) is 3.79. The van der Waals surface area contributed by atoms with E-state index >= 15 is 0 Å². The van der Waals surface area contributed by atoms with Crippen molar-refractivity contribution in [3.63, 3.8) is 0 Å². The Balaban J connectivity index is 3.36. The number of rotatable bonds is 11. The van der Waals surface area contributed by atoms with Crippen LogP contribution in [0.1, 0.15) is 19.8 Å². The van der Waals surface area contributed by atoms with Gasteiger partial charge in [0.1, 0.15) is 15.4 Å². The highest BCUT2D eigenvalue weighted by Crippen LogP contribution is 1.96. The summed E-state index contributed by atoms with van der Waals surface area (Å²) in [4.78, 5) is 10.7. The lowest BCUT2D eigenvalue weighted by molar-refractivity contribution is -0.114. The smallest absolute Gasteiger partial charge is 0.244 e. The summed E-state index contributed by atoms with van der Waals surface area (Å²) in [7, 11) is 3.99. The van der Waals surface area contributed by atoms with Crippen LogP contribution >= 0.6 is 0 Å². The number of carbonyl (C=O) groups is 1. The van der Waals surface area contributed by atoms with Crippen LogP contribution < -0.4 is 11.1 Å². The zero-order valence-electron chi connectivity index (χ0n) is 11.5. The second-order valence-corrected chi connectivity index (χ2v) is 5.28. The van der Waals surface area contributed by atoms with Crippen molar-refractivity contribution in [2.75, 3.05) is 27.3 Å². The lowest BCUT2D eigenvalue weighted by Gasteiger charge is -2.11. The number of hydrogen-bond acceptors (Lipinski definition) is 4. The molecule has 0 spiro atoms. The normalized spacial score (nSPS) is 12.1. The van der Waals surface area contributed by atoms with Gasteiger partial charge in [0, 0.05) is 19.8 Å². The van der Waals surface area contributed by atoms with Crippen LogP contribution in [0.3, 0.4) is 0 Å². The molecule has 0 atom stereocenters. The summed E-state index contributed by atoms with van der Waals surface area (Å²) in [6.45, 7) is 3.57. The Bertz CT molecular complexity index is 256. The zero-order chi connectivity index (χ0) is 13.8. The molecule has 0 heterocycles. The zero-order valence-corrected chi connectivity index (χ0v) is 12.5. The number of nitrogens with one attached hydrogen (secondary N) is 1. The molecule has 0 unspecified atom stereocenters. The van der Waals surface area contributed by atoms with Crippen LogP contribution in [-0.4, -0.2) is 48.6 Å². The number of methoxy groups -OCH3 is 2. The van der Waals surface area contributed by atoms with Crippen molar-refractivity contribution in [2.45, 2.75) is 31.7 Å². The fourth-order valence-corrected chi connectivity index (χ4v) is 2.26. The predicted molar refractivity (Wildman–Crippen MR) is 73.4 cm³/mol. The quantitative estimate of drug-likeness (QED) is 0.248. The molecular weight excluding hydrogens is 248 g/mol. The van der Waals surface area contributed by atoms with Crippen molar-refractivity contribution in [3.8, 4) is 0 Å². The third kappa shape index (κ3) is 9.35. The third-order valence-electron chi connectivity index (χ3n) is 2.43. The summed E-state index contributed by atoms with van der Waals surface area (Å²) >= 11 is 0. The molecular formula is C12H24N2O3Si. The number of ether oxygens (including phenoxy) is 2. The van der Waals surface area contributed by atoms with Crippen LogP contribution in [0.4, 0.5) is 0 Å². The minimum Gasteiger partial charge on any atom is -0.366 e. The van der Waals surface area contributed by atoms with Gasteiger partial charge in [0.25, 0.3) is 0 Å². The molecule has 0 aromatic heterocycles. The highest BCUT2D eigenvalue weighted by Gasteiger charge is 2.04. The van der Waals surface area contributed by atoms with Crippen LogP contribution in [0.5, 0.6) is 0 Å². The molecule has 0 saturated heterocycles. The molecule has 0 aliphatic carbocycles. The van der Waals surface area contributed by atoms with E-state index in [4.69, 9.17) is 15.2 Å². The molecule has 0 saturated carbocycles. The number of nitrogens with two attached hydrogens (primary N) is 1. The molecule has 0 aliphatic rings. The van der Waals surface area contributed by atoms with Crippen molar-refractivity contribution in [1.29, 1.82) is 0 Å². The Morgan fingerprint density at radius 2 is 2.06 bits per heavy atom. The van der Waals surface area contributed by atoms with Gasteiger partial charge >= 0.3 is 0 Å². The van der Waals surface area contributed by atoms with Gasteiger partial charge in [-0.1, -0.05) is 12.1 Å². The maximum atomic E-state index is 10.7. The fraction of sp³-hybridized carbons (Fsp3) is 0.750. The highest BCUT2D eigenvalue weighted by molar-refractivity contribution is 6.36. The molecule has 0 fully saturated rings. The molecule has 18 heavy (non-hydrogen) atoms. The average Bonchev–Trinajstić information content (AvgIpc) is 2.36. The van der Waals surface area contributed by atoms with Crippen molar-refractivity contribution in [3.05, 3.63) is 11.6 Å². The van der Waals surface area contributed by atoms with E-state index in [2.05, 4.69) is 5.32 Å². The lowest BCUT2D eigenvalue weighted by atomic mass is 10.2. The Labute approximate surface area is 112 Å². The first-order valence-corrected chi connectivity index (χ1v) is 7.36. The van der Waals surface area contributed by atoms with Crippen LogP contribution in [-0.2, 0) is 14.3 Å². The van der Waals surface area contributed by atoms with Gasteiger partial charge in [0.15, 0.2) is 0 Å². The minimum absolute atomic E-state index is 0.0638. The van der Waals surface area contributed by atoms with Gasteiger partial charge in [-0.2, -0.15) is 0 Å². The number of amides is 1. The molecule has 5 nitrogen and oxygen atoms in total. The summed E-state index contributed by atoms with van der Waals surface area (Å²) in [5.41, 5.74) is 5.75. The molecule has 104 valence electrons. The fourth-order valence-electron chi connectivity index (χ4n) is 1.31. The maximum absolute atomic E-state index is 10.7. The number of carbonyl (C=O) groups excluding carboxylic acids is 1. The summed E-state index contributed by atoms with van der Waals surface area (Å²) < 4.78 is 10.2. The van der Waals surface area contributed by atoms with E-state index in [1.807, 2.05) is 6.08 Å². The molecule has 1 amide bonds. The van der Waals surface area contributed by atoms with Gasteiger partial charge < -0.3 is 20.5 Å². The van der Waals surface area contributed by atoms with Gasteiger partial charge in [0.05, 0.1) is 0 Å². The lowest BCUT2D eigenvalue weighted by Crippen LogP contribution is -2.23. The Morgan fingerprint density at radius 1 is 1.39 bits per heavy atom. The first-order valence-electron chi connectivity index (χ1n) is 6.08. The maximum Gasteiger partial charge on any atom is 0.244 e. The molecule has 0 rings (SSSR count).